The van der Waals surface area contributed by atoms with E-state index in [4.69, 9.17) is 9.73 Å². The summed E-state index contributed by atoms with van der Waals surface area (Å²) < 4.78 is 5.41. The van der Waals surface area contributed by atoms with Crippen molar-refractivity contribution in [2.24, 2.45) is 4.99 Å². The molecule has 2 aliphatic heterocycles. The Morgan fingerprint density at radius 2 is 1.82 bits per heavy atom. The maximum Gasteiger partial charge on any atom is 0.105 e. The van der Waals surface area contributed by atoms with Crippen LogP contribution < -0.4 is 0 Å². The van der Waals surface area contributed by atoms with Gasteiger partial charge in [0.15, 0.2) is 0 Å². The fourth-order valence-corrected chi connectivity index (χ4v) is 2.83. The van der Waals surface area contributed by atoms with Crippen molar-refractivity contribution in [2.45, 2.75) is 19.4 Å². The maximum absolute atomic E-state index is 5.41. The zero-order valence-electron chi connectivity index (χ0n) is 13.0. The van der Waals surface area contributed by atoms with Crippen LogP contribution in [0.25, 0.3) is 0 Å². The zero-order chi connectivity index (χ0) is 13.8. The highest BCUT2D eigenvalue weighted by atomic mass is 127. The van der Waals surface area contributed by atoms with Gasteiger partial charge in [0.25, 0.3) is 0 Å². The van der Waals surface area contributed by atoms with E-state index in [1.54, 1.807) is 0 Å². The average molecular weight is 529 g/mol. The second kappa shape index (κ2) is 10.0. The SMILES string of the molecule is CN1CCC/C1=N\c1ccccc1CN1CCOCC1.I.I. The van der Waals surface area contributed by atoms with Crippen molar-refractivity contribution in [3.63, 3.8) is 0 Å². The molecule has 22 heavy (non-hydrogen) atoms. The number of morpholine rings is 1. The first-order valence-electron chi connectivity index (χ1n) is 7.49. The van der Waals surface area contributed by atoms with Crippen LogP contribution >= 0.6 is 48.0 Å². The molecule has 0 spiro atoms. The van der Waals surface area contributed by atoms with E-state index >= 15 is 0 Å². The van der Waals surface area contributed by atoms with Crippen LogP contribution in [0.2, 0.25) is 0 Å². The molecule has 0 radical (unpaired) electrons. The summed E-state index contributed by atoms with van der Waals surface area (Å²) in [6.45, 7) is 5.83. The van der Waals surface area contributed by atoms with E-state index in [0.29, 0.717) is 0 Å². The number of rotatable bonds is 3. The molecule has 0 N–H and O–H groups in total. The fraction of sp³-hybridized carbons (Fsp3) is 0.562. The third kappa shape index (κ3) is 5.31. The van der Waals surface area contributed by atoms with Crippen LogP contribution in [0, 0.1) is 0 Å². The summed E-state index contributed by atoms with van der Waals surface area (Å²) in [6, 6.07) is 8.52. The predicted molar refractivity (Wildman–Crippen MR) is 112 cm³/mol. The molecule has 2 heterocycles. The van der Waals surface area contributed by atoms with Crippen LogP contribution in [0.5, 0.6) is 0 Å². The summed E-state index contributed by atoms with van der Waals surface area (Å²) in [7, 11) is 2.14. The first-order valence-corrected chi connectivity index (χ1v) is 7.49. The first-order chi connectivity index (χ1) is 9.83. The molecule has 124 valence electrons. The lowest BCUT2D eigenvalue weighted by molar-refractivity contribution is 0.0342. The summed E-state index contributed by atoms with van der Waals surface area (Å²) in [5.41, 5.74) is 2.45. The zero-order valence-corrected chi connectivity index (χ0v) is 17.7. The van der Waals surface area contributed by atoms with E-state index in [1.807, 2.05) is 0 Å². The Bertz CT molecular complexity index is 490. The van der Waals surface area contributed by atoms with Gasteiger partial charge in [-0.1, -0.05) is 18.2 Å². The molecule has 0 unspecified atom stereocenters. The van der Waals surface area contributed by atoms with Crippen LogP contribution in [0.3, 0.4) is 0 Å². The van der Waals surface area contributed by atoms with Crippen molar-refractivity contribution in [2.75, 3.05) is 39.9 Å². The molecule has 3 rings (SSSR count). The third-order valence-corrected chi connectivity index (χ3v) is 4.07. The van der Waals surface area contributed by atoms with Crippen molar-refractivity contribution in [1.29, 1.82) is 0 Å². The highest BCUT2D eigenvalue weighted by Gasteiger charge is 2.16. The first kappa shape index (κ1) is 20.1. The lowest BCUT2D eigenvalue weighted by Crippen LogP contribution is -2.35. The average Bonchev–Trinajstić information content (AvgIpc) is 2.88. The molecular weight excluding hydrogens is 504 g/mol. The number of hydrogen-bond donors (Lipinski definition) is 0. The number of halogens is 2. The van der Waals surface area contributed by atoms with Crippen molar-refractivity contribution >= 4 is 59.5 Å². The van der Waals surface area contributed by atoms with E-state index < -0.39 is 0 Å². The van der Waals surface area contributed by atoms with E-state index in [1.165, 1.54) is 17.8 Å². The molecule has 2 aliphatic rings. The fourth-order valence-electron chi connectivity index (χ4n) is 2.83. The van der Waals surface area contributed by atoms with Crippen LogP contribution in [-0.4, -0.2) is 55.5 Å². The lowest BCUT2D eigenvalue weighted by Gasteiger charge is -2.27. The minimum Gasteiger partial charge on any atom is -0.379 e. The van der Waals surface area contributed by atoms with Crippen molar-refractivity contribution < 1.29 is 4.74 Å². The summed E-state index contributed by atoms with van der Waals surface area (Å²) in [5.74, 6) is 1.22. The Hall–Kier alpha value is 0.0700. The van der Waals surface area contributed by atoms with Gasteiger partial charge in [0.2, 0.25) is 0 Å². The molecule has 6 heteroatoms. The number of likely N-dealkylation sites (tertiary alicyclic amines) is 1. The van der Waals surface area contributed by atoms with Crippen LogP contribution in [0.4, 0.5) is 5.69 Å². The van der Waals surface area contributed by atoms with Gasteiger partial charge in [0.05, 0.1) is 18.9 Å². The van der Waals surface area contributed by atoms with E-state index in [0.717, 1.165) is 51.5 Å². The van der Waals surface area contributed by atoms with Crippen LogP contribution in [0.1, 0.15) is 18.4 Å². The van der Waals surface area contributed by atoms with E-state index in [-0.39, 0.29) is 48.0 Å². The monoisotopic (exact) mass is 529 g/mol. The number of amidine groups is 1. The smallest absolute Gasteiger partial charge is 0.105 e. The van der Waals surface area contributed by atoms with Crippen LogP contribution in [0.15, 0.2) is 29.3 Å². The Labute approximate surface area is 167 Å². The minimum absolute atomic E-state index is 0. The van der Waals surface area contributed by atoms with E-state index in [9.17, 15) is 0 Å². The van der Waals surface area contributed by atoms with Gasteiger partial charge in [-0.15, -0.1) is 48.0 Å². The summed E-state index contributed by atoms with van der Waals surface area (Å²) >= 11 is 0. The van der Waals surface area contributed by atoms with E-state index in [2.05, 4.69) is 41.1 Å². The predicted octanol–water partition coefficient (Wildman–Crippen LogP) is 3.51. The standard InChI is InChI=1S/C16H23N3O.2HI/c1-18-8-4-7-16(18)17-15-6-3-2-5-14(15)13-19-9-11-20-12-10-19;;/h2-3,5-6H,4,7-13H2,1H3;2*1H/b17-16+;;. The molecule has 4 nitrogen and oxygen atoms in total. The second-order valence-electron chi connectivity index (χ2n) is 5.57. The van der Waals surface area contributed by atoms with Crippen molar-refractivity contribution in [1.82, 2.24) is 9.80 Å². The number of aliphatic imine (C=N–C) groups is 1. The molecular formula is C16H25I2N3O. The summed E-state index contributed by atoms with van der Waals surface area (Å²) in [6.07, 6.45) is 2.32. The van der Waals surface area contributed by atoms with Gasteiger partial charge in [-0.25, -0.2) is 4.99 Å². The third-order valence-electron chi connectivity index (χ3n) is 4.07. The molecule has 0 bridgehead atoms. The Kier molecular flexibility index (Phi) is 9.18. The molecule has 2 saturated heterocycles. The van der Waals surface area contributed by atoms with Gasteiger partial charge < -0.3 is 9.64 Å². The summed E-state index contributed by atoms with van der Waals surface area (Å²) in [5, 5.41) is 0. The van der Waals surface area contributed by atoms with Gasteiger partial charge in [-0.3, -0.25) is 4.90 Å². The quantitative estimate of drug-likeness (QED) is 0.562. The van der Waals surface area contributed by atoms with Crippen LogP contribution in [-0.2, 0) is 11.3 Å². The number of nitrogens with zero attached hydrogens (tertiary/aromatic N) is 3. The molecule has 0 saturated carbocycles. The molecule has 0 aromatic heterocycles. The molecule has 1 aromatic carbocycles. The Balaban J connectivity index is 0.00000121. The largest absolute Gasteiger partial charge is 0.379 e. The minimum atomic E-state index is 0. The second-order valence-corrected chi connectivity index (χ2v) is 5.57. The molecule has 1 aromatic rings. The summed E-state index contributed by atoms with van der Waals surface area (Å²) in [4.78, 5) is 9.60. The van der Waals surface area contributed by atoms with Gasteiger partial charge in [0.1, 0.15) is 5.84 Å². The molecule has 0 amide bonds. The van der Waals surface area contributed by atoms with Gasteiger partial charge in [-0.2, -0.15) is 0 Å². The topological polar surface area (TPSA) is 28.1 Å². The van der Waals surface area contributed by atoms with Crippen molar-refractivity contribution in [3.8, 4) is 0 Å². The maximum atomic E-state index is 5.41. The Morgan fingerprint density at radius 1 is 1.09 bits per heavy atom. The lowest BCUT2D eigenvalue weighted by atomic mass is 10.1. The normalized spacial score (nSPS) is 20.6. The van der Waals surface area contributed by atoms with Gasteiger partial charge in [0, 0.05) is 39.6 Å². The highest BCUT2D eigenvalue weighted by molar-refractivity contribution is 14.0. The van der Waals surface area contributed by atoms with Gasteiger partial charge >= 0.3 is 0 Å². The molecule has 0 atom stereocenters. The number of para-hydroxylation sites is 1. The number of hydrogen-bond acceptors (Lipinski definition) is 3. The van der Waals surface area contributed by atoms with Crippen molar-refractivity contribution in [3.05, 3.63) is 29.8 Å². The number of ether oxygens (including phenoxy) is 1. The molecule has 0 aliphatic carbocycles. The number of benzene rings is 1. The Morgan fingerprint density at radius 3 is 2.50 bits per heavy atom. The van der Waals surface area contributed by atoms with Gasteiger partial charge in [-0.05, 0) is 18.1 Å². The molecule has 2 fully saturated rings. The highest BCUT2D eigenvalue weighted by Crippen LogP contribution is 2.23.